The van der Waals surface area contributed by atoms with Crippen molar-refractivity contribution < 1.29 is 0 Å². The van der Waals surface area contributed by atoms with Crippen LogP contribution >= 0.6 is 0 Å². The number of nitrogens with one attached hydrogen (secondary N) is 1. The number of benzene rings is 2. The van der Waals surface area contributed by atoms with Crippen molar-refractivity contribution in [2.24, 2.45) is 0 Å². The molecule has 1 N–H and O–H groups in total. The van der Waals surface area contributed by atoms with Gasteiger partial charge in [0.2, 0.25) is 0 Å². The molecule has 3 aromatic rings. The van der Waals surface area contributed by atoms with Gasteiger partial charge in [0.1, 0.15) is 0 Å². The van der Waals surface area contributed by atoms with Crippen LogP contribution in [0.4, 0.5) is 0 Å². The maximum absolute atomic E-state index is 4.99. The predicted octanol–water partition coefficient (Wildman–Crippen LogP) is 5.81. The standard InChI is InChI=1S/C33H47N5/c1-6-10-32(38-22-25(2)35-26(3)23-38)29-20-28-14-13-27(19-31(28)34-21-29)24-37-17-15-33(16-18-37,36(4)5)30-11-8-7-9-12-30/h7-9,11-14,19-21,25-26,32,35H,6,10,15-18,22-24H2,1-5H3/t25-,26+,32-/m0/s1. The van der Waals surface area contributed by atoms with Gasteiger partial charge in [-0.2, -0.15) is 0 Å². The first kappa shape index (κ1) is 27.3. The SMILES string of the molecule is CCC[C@@H](c1cnc2cc(CN3CCC(c4ccccc4)(N(C)C)CC3)ccc2c1)N1C[C@@H](C)N[C@@H](C)C1. The average molecular weight is 514 g/mol. The van der Waals surface area contributed by atoms with E-state index in [-0.39, 0.29) is 5.54 Å². The lowest BCUT2D eigenvalue weighted by molar-refractivity contribution is 0.0507. The van der Waals surface area contributed by atoms with Crippen LogP contribution in [-0.4, -0.2) is 72.0 Å². The normalized spacial score (nSPS) is 23.6. The molecule has 204 valence electrons. The predicted molar refractivity (Wildman–Crippen MR) is 159 cm³/mol. The summed E-state index contributed by atoms with van der Waals surface area (Å²) in [5.41, 5.74) is 5.43. The van der Waals surface area contributed by atoms with Gasteiger partial charge in [-0.1, -0.05) is 55.8 Å². The number of piperidine rings is 1. The molecule has 0 amide bonds. The van der Waals surface area contributed by atoms with E-state index in [1.54, 1.807) is 0 Å². The summed E-state index contributed by atoms with van der Waals surface area (Å²) in [6.45, 7) is 12.3. The zero-order valence-corrected chi connectivity index (χ0v) is 24.2. The molecule has 0 radical (unpaired) electrons. The Morgan fingerprint density at radius 1 is 1.00 bits per heavy atom. The van der Waals surface area contributed by atoms with Gasteiger partial charge in [0.25, 0.3) is 0 Å². The van der Waals surface area contributed by atoms with Crippen molar-refractivity contribution in [3.8, 4) is 0 Å². The van der Waals surface area contributed by atoms with Gasteiger partial charge < -0.3 is 5.32 Å². The number of pyridine rings is 1. The van der Waals surface area contributed by atoms with E-state index in [0.29, 0.717) is 18.1 Å². The molecule has 38 heavy (non-hydrogen) atoms. The number of piperazine rings is 1. The molecule has 5 nitrogen and oxygen atoms in total. The topological polar surface area (TPSA) is 34.6 Å². The largest absolute Gasteiger partial charge is 0.309 e. The Kier molecular flexibility index (Phi) is 8.49. The molecule has 3 heterocycles. The monoisotopic (exact) mass is 513 g/mol. The number of nitrogens with zero attached hydrogens (tertiary/aromatic N) is 4. The second-order valence-electron chi connectivity index (χ2n) is 12.1. The number of hydrogen-bond donors (Lipinski definition) is 1. The first-order chi connectivity index (χ1) is 18.4. The van der Waals surface area contributed by atoms with Crippen LogP contribution in [0, 0.1) is 0 Å². The van der Waals surface area contributed by atoms with Crippen molar-refractivity contribution in [3.63, 3.8) is 0 Å². The summed E-state index contributed by atoms with van der Waals surface area (Å²) in [7, 11) is 4.47. The second-order valence-corrected chi connectivity index (χ2v) is 12.1. The van der Waals surface area contributed by atoms with E-state index in [9.17, 15) is 0 Å². The Bertz CT molecular complexity index is 1170. The number of fused-ring (bicyclic) bond motifs is 1. The van der Waals surface area contributed by atoms with Crippen LogP contribution in [0.5, 0.6) is 0 Å². The van der Waals surface area contributed by atoms with Gasteiger partial charge in [0, 0.05) is 68.0 Å². The molecule has 0 spiro atoms. The molecule has 0 bridgehead atoms. The first-order valence-electron chi connectivity index (χ1n) is 14.7. The third-order valence-electron chi connectivity index (χ3n) is 9.00. The van der Waals surface area contributed by atoms with Crippen LogP contribution in [0.1, 0.15) is 69.2 Å². The molecule has 3 atom stereocenters. The maximum atomic E-state index is 4.99. The van der Waals surface area contributed by atoms with Crippen molar-refractivity contribution in [1.82, 2.24) is 25.0 Å². The van der Waals surface area contributed by atoms with Gasteiger partial charge in [-0.15, -0.1) is 0 Å². The highest BCUT2D eigenvalue weighted by Gasteiger charge is 2.38. The number of likely N-dealkylation sites (tertiary alicyclic amines) is 1. The molecule has 1 aromatic heterocycles. The van der Waals surface area contributed by atoms with Crippen LogP contribution in [0.2, 0.25) is 0 Å². The van der Waals surface area contributed by atoms with E-state index in [4.69, 9.17) is 4.98 Å². The molecule has 0 saturated carbocycles. The zero-order valence-electron chi connectivity index (χ0n) is 24.2. The molecular formula is C33H47N5. The van der Waals surface area contributed by atoms with Crippen molar-refractivity contribution >= 4 is 10.9 Å². The van der Waals surface area contributed by atoms with Gasteiger partial charge in [-0.3, -0.25) is 19.7 Å². The van der Waals surface area contributed by atoms with Crippen molar-refractivity contribution in [2.75, 3.05) is 40.3 Å². The number of aromatic nitrogens is 1. The summed E-state index contributed by atoms with van der Waals surface area (Å²) in [4.78, 5) is 12.7. The molecule has 0 aliphatic carbocycles. The van der Waals surface area contributed by atoms with E-state index in [1.807, 2.05) is 0 Å². The highest BCUT2D eigenvalue weighted by Crippen LogP contribution is 2.38. The Morgan fingerprint density at radius 2 is 1.71 bits per heavy atom. The molecule has 0 unspecified atom stereocenters. The Hall–Kier alpha value is -2.31. The smallest absolute Gasteiger partial charge is 0.0705 e. The molecule has 2 aromatic carbocycles. The van der Waals surface area contributed by atoms with Gasteiger partial charge in [-0.05, 0) is 76.0 Å². The van der Waals surface area contributed by atoms with Crippen molar-refractivity contribution in [2.45, 2.75) is 76.7 Å². The lowest BCUT2D eigenvalue weighted by Gasteiger charge is -2.46. The van der Waals surface area contributed by atoms with Crippen molar-refractivity contribution in [3.05, 3.63) is 77.5 Å². The third kappa shape index (κ3) is 5.81. The minimum Gasteiger partial charge on any atom is -0.309 e. The van der Waals surface area contributed by atoms with E-state index in [2.05, 4.69) is 116 Å². The third-order valence-corrected chi connectivity index (χ3v) is 9.00. The van der Waals surface area contributed by atoms with Gasteiger partial charge in [0.05, 0.1) is 5.52 Å². The summed E-state index contributed by atoms with van der Waals surface area (Å²) in [5.74, 6) is 0. The van der Waals surface area contributed by atoms with E-state index >= 15 is 0 Å². The maximum Gasteiger partial charge on any atom is 0.0705 e. The van der Waals surface area contributed by atoms with Gasteiger partial charge in [0.15, 0.2) is 0 Å². The van der Waals surface area contributed by atoms with Crippen LogP contribution in [0.15, 0.2) is 60.8 Å². The van der Waals surface area contributed by atoms with Crippen LogP contribution in [0.3, 0.4) is 0 Å². The first-order valence-corrected chi connectivity index (χ1v) is 14.7. The van der Waals surface area contributed by atoms with E-state index < -0.39 is 0 Å². The van der Waals surface area contributed by atoms with Crippen LogP contribution in [0.25, 0.3) is 10.9 Å². The fourth-order valence-electron chi connectivity index (χ4n) is 7.00. The fourth-order valence-corrected chi connectivity index (χ4v) is 7.00. The zero-order chi connectivity index (χ0) is 26.7. The fraction of sp³-hybridized carbons (Fsp3) is 0.545. The highest BCUT2D eigenvalue weighted by atomic mass is 15.2. The van der Waals surface area contributed by atoms with Crippen LogP contribution < -0.4 is 5.32 Å². The summed E-state index contributed by atoms with van der Waals surface area (Å²) >= 11 is 0. The average Bonchev–Trinajstić information content (AvgIpc) is 2.92. The summed E-state index contributed by atoms with van der Waals surface area (Å²) in [6, 6.07) is 21.9. The van der Waals surface area contributed by atoms with Crippen molar-refractivity contribution in [1.29, 1.82) is 0 Å². The molecule has 2 aliphatic rings. The van der Waals surface area contributed by atoms with Gasteiger partial charge >= 0.3 is 0 Å². The Balaban J connectivity index is 1.28. The molecule has 2 fully saturated rings. The summed E-state index contributed by atoms with van der Waals surface area (Å²) in [5, 5.41) is 4.94. The number of hydrogen-bond acceptors (Lipinski definition) is 5. The Labute approximate surface area is 230 Å². The highest BCUT2D eigenvalue weighted by molar-refractivity contribution is 5.79. The summed E-state index contributed by atoms with van der Waals surface area (Å²) < 4.78 is 0. The minimum atomic E-state index is 0.133. The minimum absolute atomic E-state index is 0.133. The molecule has 2 aliphatic heterocycles. The molecule has 5 rings (SSSR count). The Morgan fingerprint density at radius 3 is 2.37 bits per heavy atom. The molecule has 5 heteroatoms. The van der Waals surface area contributed by atoms with Gasteiger partial charge in [-0.25, -0.2) is 0 Å². The van der Waals surface area contributed by atoms with Crippen LogP contribution in [-0.2, 0) is 12.1 Å². The second kappa shape index (κ2) is 11.8. The van der Waals surface area contributed by atoms with E-state index in [0.717, 1.165) is 51.1 Å². The van der Waals surface area contributed by atoms with E-state index in [1.165, 1.54) is 34.9 Å². The lowest BCUT2D eigenvalue weighted by Crippen LogP contribution is -2.55. The molecular weight excluding hydrogens is 466 g/mol. The summed E-state index contributed by atoms with van der Waals surface area (Å²) in [6.07, 6.45) is 6.82. The quantitative estimate of drug-likeness (QED) is 0.411. The number of rotatable bonds is 8. The molecule has 2 saturated heterocycles. The lowest BCUT2D eigenvalue weighted by atomic mass is 9.79.